The third kappa shape index (κ3) is 3.25. The molecule has 8 nitrogen and oxygen atoms in total. The Morgan fingerprint density at radius 2 is 2.27 bits per heavy atom. The molecule has 0 bridgehead atoms. The summed E-state index contributed by atoms with van der Waals surface area (Å²) in [5, 5.41) is 8.04. The summed E-state index contributed by atoms with van der Waals surface area (Å²) in [6.07, 6.45) is 5.24. The molecule has 0 spiro atoms. The number of carbonyl (C=O) groups is 1. The molecule has 1 atom stereocenters. The van der Waals surface area contributed by atoms with Crippen LogP contribution in [0.25, 0.3) is 22.4 Å². The molecule has 0 saturated carbocycles. The molecular formula is C22H21N5O3. The van der Waals surface area contributed by atoms with Crippen molar-refractivity contribution in [2.75, 3.05) is 7.11 Å². The summed E-state index contributed by atoms with van der Waals surface area (Å²) in [6.45, 7) is 2.25. The van der Waals surface area contributed by atoms with E-state index in [1.54, 1.807) is 19.5 Å². The van der Waals surface area contributed by atoms with Gasteiger partial charge in [0, 0.05) is 30.5 Å². The van der Waals surface area contributed by atoms with Gasteiger partial charge in [-0.2, -0.15) is 4.98 Å². The van der Waals surface area contributed by atoms with E-state index in [1.165, 1.54) is 5.56 Å². The average Bonchev–Trinajstić information content (AvgIpc) is 3.46. The zero-order chi connectivity index (χ0) is 20.7. The molecule has 0 saturated heterocycles. The molecule has 30 heavy (non-hydrogen) atoms. The van der Waals surface area contributed by atoms with Gasteiger partial charge < -0.3 is 19.6 Å². The molecule has 1 aliphatic rings. The Labute approximate surface area is 172 Å². The quantitative estimate of drug-likeness (QED) is 0.528. The van der Waals surface area contributed by atoms with E-state index >= 15 is 0 Å². The highest BCUT2D eigenvalue weighted by Gasteiger charge is 2.26. The van der Waals surface area contributed by atoms with Gasteiger partial charge in [0.15, 0.2) is 0 Å². The van der Waals surface area contributed by atoms with E-state index < -0.39 is 0 Å². The molecule has 5 rings (SSSR count). The number of benzene rings is 1. The van der Waals surface area contributed by atoms with E-state index in [2.05, 4.69) is 31.5 Å². The lowest BCUT2D eigenvalue weighted by atomic mass is 10.0. The van der Waals surface area contributed by atoms with Crippen LogP contribution < -0.4 is 5.32 Å². The Hall–Kier alpha value is -3.52. The van der Waals surface area contributed by atoms with Gasteiger partial charge in [0.25, 0.3) is 11.8 Å². The molecule has 0 fully saturated rings. The van der Waals surface area contributed by atoms with Crippen LogP contribution in [0, 0.1) is 6.92 Å². The predicted octanol–water partition coefficient (Wildman–Crippen LogP) is 3.49. The molecule has 2 N–H and O–H groups in total. The van der Waals surface area contributed by atoms with Gasteiger partial charge >= 0.3 is 0 Å². The fraction of sp³-hybridized carbons (Fsp3) is 0.273. The summed E-state index contributed by atoms with van der Waals surface area (Å²) >= 11 is 0. The minimum absolute atomic E-state index is 0.0291. The second-order valence-corrected chi connectivity index (χ2v) is 7.53. The number of pyridine rings is 1. The number of hydrogen-bond acceptors (Lipinski definition) is 6. The number of ether oxygens (including phenoxy) is 1. The van der Waals surface area contributed by atoms with Crippen molar-refractivity contribution in [3.63, 3.8) is 0 Å². The van der Waals surface area contributed by atoms with Gasteiger partial charge in [-0.15, -0.1) is 0 Å². The van der Waals surface area contributed by atoms with Gasteiger partial charge in [-0.1, -0.05) is 17.3 Å². The molecule has 152 valence electrons. The van der Waals surface area contributed by atoms with Crippen molar-refractivity contribution in [3.05, 3.63) is 64.8 Å². The molecule has 8 heteroatoms. The lowest BCUT2D eigenvalue weighted by Gasteiger charge is -2.14. The number of hydrogen-bond donors (Lipinski definition) is 2. The molecule has 1 aromatic carbocycles. The lowest BCUT2D eigenvalue weighted by molar-refractivity contribution is 0.0938. The van der Waals surface area contributed by atoms with Crippen LogP contribution >= 0.6 is 0 Å². The first-order valence-electron chi connectivity index (χ1n) is 9.81. The highest BCUT2D eigenvalue weighted by Crippen LogP contribution is 2.34. The highest BCUT2D eigenvalue weighted by molar-refractivity contribution is 6.06. The van der Waals surface area contributed by atoms with Crippen molar-refractivity contribution in [1.29, 1.82) is 0 Å². The Morgan fingerprint density at radius 3 is 3.13 bits per heavy atom. The number of nitrogens with zero attached hydrogens (tertiary/aromatic N) is 3. The molecule has 1 amide bonds. The number of amides is 1. The van der Waals surface area contributed by atoms with E-state index in [0.717, 1.165) is 40.6 Å². The summed E-state index contributed by atoms with van der Waals surface area (Å²) in [5.41, 5.74) is 5.56. The van der Waals surface area contributed by atoms with Gasteiger partial charge in [-0.3, -0.25) is 4.79 Å². The Balaban J connectivity index is 1.36. The summed E-state index contributed by atoms with van der Waals surface area (Å²) in [6, 6.07) is 8.02. The normalized spacial score (nSPS) is 15.5. The summed E-state index contributed by atoms with van der Waals surface area (Å²) in [7, 11) is 1.58. The number of nitrogens with one attached hydrogen (secondary N) is 2. The van der Waals surface area contributed by atoms with Crippen LogP contribution in [0.5, 0.6) is 0 Å². The van der Waals surface area contributed by atoms with Gasteiger partial charge in [0.1, 0.15) is 12.3 Å². The summed E-state index contributed by atoms with van der Waals surface area (Å²) < 4.78 is 10.2. The number of aromatic nitrogens is 4. The standard InChI is InChI=1S/C22H21N5O3/c1-12-7-16-17(10-24-21(16)23-9-12)22(28)25-18-6-4-13-8-14(3-5-15(13)18)20-26-19(11-29-2)30-27-20/h3,5,7-10,18H,4,6,11H2,1-2H3,(H,23,24)(H,25,28)/t18-/m1/s1. The van der Waals surface area contributed by atoms with Crippen LogP contribution in [-0.4, -0.2) is 33.1 Å². The number of aryl methyl sites for hydroxylation is 2. The maximum atomic E-state index is 12.9. The molecule has 3 heterocycles. The first-order valence-corrected chi connectivity index (χ1v) is 9.81. The zero-order valence-electron chi connectivity index (χ0n) is 16.7. The molecule has 4 aromatic rings. The number of aromatic amines is 1. The van der Waals surface area contributed by atoms with E-state index in [0.29, 0.717) is 17.3 Å². The molecule has 0 unspecified atom stereocenters. The average molecular weight is 403 g/mol. The van der Waals surface area contributed by atoms with Crippen molar-refractivity contribution in [3.8, 4) is 11.4 Å². The predicted molar refractivity (Wildman–Crippen MR) is 110 cm³/mol. The first kappa shape index (κ1) is 18.5. The van der Waals surface area contributed by atoms with Crippen LogP contribution in [0.3, 0.4) is 0 Å². The number of rotatable bonds is 5. The molecule has 0 radical (unpaired) electrons. The van der Waals surface area contributed by atoms with E-state index in [1.807, 2.05) is 25.1 Å². The third-order valence-electron chi connectivity index (χ3n) is 5.43. The van der Waals surface area contributed by atoms with E-state index in [4.69, 9.17) is 9.26 Å². The minimum Gasteiger partial charge on any atom is -0.375 e. The Kier molecular flexibility index (Phi) is 4.55. The van der Waals surface area contributed by atoms with Crippen molar-refractivity contribution in [1.82, 2.24) is 25.4 Å². The van der Waals surface area contributed by atoms with Gasteiger partial charge in [0.2, 0.25) is 5.82 Å². The zero-order valence-corrected chi connectivity index (χ0v) is 16.7. The topological polar surface area (TPSA) is 106 Å². The Morgan fingerprint density at radius 1 is 1.37 bits per heavy atom. The van der Waals surface area contributed by atoms with Gasteiger partial charge in [-0.05, 0) is 48.6 Å². The maximum absolute atomic E-state index is 12.9. The van der Waals surface area contributed by atoms with Crippen LogP contribution in [0.1, 0.15) is 45.4 Å². The lowest BCUT2D eigenvalue weighted by Crippen LogP contribution is -2.26. The SMILES string of the molecule is COCc1nc(-c2ccc3c(c2)CC[C@H]3NC(=O)c2c[nH]c3ncc(C)cc23)no1. The minimum atomic E-state index is -0.0991. The third-order valence-corrected chi connectivity index (χ3v) is 5.43. The molecule has 0 aliphatic heterocycles. The van der Waals surface area contributed by atoms with E-state index in [-0.39, 0.29) is 18.6 Å². The van der Waals surface area contributed by atoms with Crippen molar-refractivity contribution in [2.45, 2.75) is 32.4 Å². The van der Waals surface area contributed by atoms with Crippen molar-refractivity contribution in [2.24, 2.45) is 0 Å². The molecule has 3 aromatic heterocycles. The molecule has 1 aliphatic carbocycles. The van der Waals surface area contributed by atoms with Gasteiger partial charge in [0.05, 0.1) is 11.6 Å². The Bertz CT molecular complexity index is 1240. The number of methoxy groups -OCH3 is 1. The monoisotopic (exact) mass is 403 g/mol. The largest absolute Gasteiger partial charge is 0.375 e. The van der Waals surface area contributed by atoms with E-state index in [9.17, 15) is 4.79 Å². The smallest absolute Gasteiger partial charge is 0.253 e. The van der Waals surface area contributed by atoms with Crippen LogP contribution in [0.15, 0.2) is 41.2 Å². The van der Waals surface area contributed by atoms with Crippen LogP contribution in [-0.2, 0) is 17.8 Å². The summed E-state index contributed by atoms with van der Waals surface area (Å²) in [5.74, 6) is 0.888. The second kappa shape index (κ2) is 7.38. The molecular weight excluding hydrogens is 382 g/mol. The fourth-order valence-electron chi connectivity index (χ4n) is 3.99. The first-order chi connectivity index (χ1) is 14.6. The van der Waals surface area contributed by atoms with Crippen LogP contribution in [0.4, 0.5) is 0 Å². The van der Waals surface area contributed by atoms with Crippen molar-refractivity contribution >= 4 is 16.9 Å². The number of H-pyrrole nitrogens is 1. The second-order valence-electron chi connectivity index (χ2n) is 7.53. The summed E-state index contributed by atoms with van der Waals surface area (Å²) in [4.78, 5) is 24.7. The number of fused-ring (bicyclic) bond motifs is 2. The maximum Gasteiger partial charge on any atom is 0.253 e. The van der Waals surface area contributed by atoms with Crippen molar-refractivity contribution < 1.29 is 14.1 Å². The fourth-order valence-corrected chi connectivity index (χ4v) is 3.99. The number of carbonyl (C=O) groups excluding carboxylic acids is 1. The van der Waals surface area contributed by atoms with Gasteiger partial charge in [-0.25, -0.2) is 4.98 Å². The highest BCUT2D eigenvalue weighted by atomic mass is 16.5. The van der Waals surface area contributed by atoms with Crippen LogP contribution in [0.2, 0.25) is 0 Å².